The van der Waals surface area contributed by atoms with E-state index in [9.17, 15) is 4.39 Å². The third-order valence-electron chi connectivity index (χ3n) is 3.88. The fourth-order valence-electron chi connectivity index (χ4n) is 2.54. The predicted molar refractivity (Wildman–Crippen MR) is 108 cm³/mol. The van der Waals surface area contributed by atoms with Gasteiger partial charge in [0.2, 0.25) is 5.13 Å². The molecule has 134 valence electrons. The van der Waals surface area contributed by atoms with Gasteiger partial charge in [0, 0.05) is 5.56 Å². The molecule has 0 aliphatic heterocycles. The molecule has 1 aromatic heterocycles. The van der Waals surface area contributed by atoms with E-state index in [1.54, 1.807) is 29.7 Å². The summed E-state index contributed by atoms with van der Waals surface area (Å²) in [6, 6.07) is 21.8. The van der Waals surface area contributed by atoms with Gasteiger partial charge < -0.3 is 4.74 Å². The number of rotatable bonds is 6. The zero-order valence-electron chi connectivity index (χ0n) is 14.3. The van der Waals surface area contributed by atoms with Gasteiger partial charge >= 0.3 is 0 Å². The van der Waals surface area contributed by atoms with E-state index in [1.165, 1.54) is 12.1 Å². The van der Waals surface area contributed by atoms with Crippen LogP contribution in [-0.2, 0) is 6.61 Å². The van der Waals surface area contributed by atoms with Crippen molar-refractivity contribution in [3.8, 4) is 5.75 Å². The minimum atomic E-state index is -0.257. The van der Waals surface area contributed by atoms with Crippen LogP contribution in [0, 0.1) is 5.82 Å². The molecule has 1 N–H and O–H groups in total. The lowest BCUT2D eigenvalue weighted by Gasteiger charge is -2.09. The van der Waals surface area contributed by atoms with Crippen LogP contribution >= 0.6 is 11.3 Å². The summed E-state index contributed by atoms with van der Waals surface area (Å²) in [5, 5.41) is 5.01. The molecule has 0 radical (unpaired) electrons. The van der Waals surface area contributed by atoms with Crippen LogP contribution in [0.25, 0.3) is 10.2 Å². The van der Waals surface area contributed by atoms with Gasteiger partial charge in [-0.15, -0.1) is 0 Å². The summed E-state index contributed by atoms with van der Waals surface area (Å²) in [5.74, 6) is 0.448. The zero-order valence-corrected chi connectivity index (χ0v) is 15.1. The van der Waals surface area contributed by atoms with E-state index >= 15 is 0 Å². The number of thiazole rings is 1. The second-order valence-corrected chi connectivity index (χ2v) is 6.84. The number of ether oxygens (including phenoxy) is 1. The van der Waals surface area contributed by atoms with Crippen molar-refractivity contribution in [3.63, 3.8) is 0 Å². The number of benzene rings is 3. The molecule has 3 aromatic carbocycles. The highest BCUT2D eigenvalue weighted by Crippen LogP contribution is 2.25. The predicted octanol–water partition coefficient (Wildman–Crippen LogP) is 5.46. The van der Waals surface area contributed by atoms with Gasteiger partial charge in [-0.05, 0) is 42.0 Å². The Bertz CT molecular complexity index is 1040. The summed E-state index contributed by atoms with van der Waals surface area (Å²) in [6.07, 6.45) is 1.70. The maximum absolute atomic E-state index is 13.0. The van der Waals surface area contributed by atoms with Crippen LogP contribution in [0.2, 0.25) is 0 Å². The SMILES string of the molecule is Fc1ccc(COc2ccccc2/C=N/Nc2nc3ccccc3s2)cc1. The van der Waals surface area contributed by atoms with E-state index < -0.39 is 0 Å². The maximum Gasteiger partial charge on any atom is 0.204 e. The van der Waals surface area contributed by atoms with E-state index in [2.05, 4.69) is 15.5 Å². The normalized spacial score (nSPS) is 11.1. The Hall–Kier alpha value is -3.25. The third kappa shape index (κ3) is 4.30. The van der Waals surface area contributed by atoms with Crippen molar-refractivity contribution in [3.05, 3.63) is 89.7 Å². The Balaban J connectivity index is 1.43. The molecule has 0 saturated carbocycles. The van der Waals surface area contributed by atoms with Crippen molar-refractivity contribution in [1.29, 1.82) is 0 Å². The molecule has 4 rings (SSSR count). The molecule has 0 unspecified atom stereocenters. The van der Waals surface area contributed by atoms with Crippen molar-refractivity contribution in [1.82, 2.24) is 4.98 Å². The topological polar surface area (TPSA) is 46.5 Å². The van der Waals surface area contributed by atoms with Crippen molar-refractivity contribution in [2.75, 3.05) is 5.43 Å². The molecule has 0 fully saturated rings. The summed E-state index contributed by atoms with van der Waals surface area (Å²) in [7, 11) is 0. The average molecular weight is 377 g/mol. The first-order valence-electron chi connectivity index (χ1n) is 8.39. The molecule has 1 heterocycles. The Morgan fingerprint density at radius 3 is 2.63 bits per heavy atom. The minimum absolute atomic E-state index is 0.257. The summed E-state index contributed by atoms with van der Waals surface area (Å²) >= 11 is 1.55. The molecular formula is C21H16FN3OS. The Morgan fingerprint density at radius 2 is 1.78 bits per heavy atom. The second-order valence-electron chi connectivity index (χ2n) is 5.81. The molecule has 0 atom stereocenters. The smallest absolute Gasteiger partial charge is 0.204 e. The monoisotopic (exact) mass is 377 g/mol. The fraction of sp³-hybridized carbons (Fsp3) is 0.0476. The highest BCUT2D eigenvalue weighted by atomic mass is 32.1. The number of hydrogen-bond acceptors (Lipinski definition) is 5. The van der Waals surface area contributed by atoms with Crippen LogP contribution < -0.4 is 10.2 Å². The molecule has 6 heteroatoms. The van der Waals surface area contributed by atoms with Crippen LogP contribution in [0.15, 0.2) is 77.9 Å². The highest BCUT2D eigenvalue weighted by Gasteiger charge is 2.03. The maximum atomic E-state index is 13.0. The van der Waals surface area contributed by atoms with Crippen LogP contribution in [0.4, 0.5) is 9.52 Å². The van der Waals surface area contributed by atoms with Gasteiger partial charge in [0.1, 0.15) is 18.2 Å². The van der Waals surface area contributed by atoms with Gasteiger partial charge in [-0.2, -0.15) is 5.10 Å². The lowest BCUT2D eigenvalue weighted by Crippen LogP contribution is -1.99. The van der Waals surface area contributed by atoms with E-state index in [0.717, 1.165) is 26.5 Å². The Kier molecular flexibility index (Phi) is 5.07. The van der Waals surface area contributed by atoms with E-state index in [0.29, 0.717) is 12.4 Å². The number of nitrogens with zero attached hydrogens (tertiary/aromatic N) is 2. The Morgan fingerprint density at radius 1 is 1.00 bits per heavy atom. The van der Waals surface area contributed by atoms with Crippen LogP contribution in [0.3, 0.4) is 0 Å². The first-order valence-corrected chi connectivity index (χ1v) is 9.20. The lowest BCUT2D eigenvalue weighted by atomic mass is 10.2. The molecular weight excluding hydrogens is 361 g/mol. The van der Waals surface area contributed by atoms with E-state index in [-0.39, 0.29) is 5.82 Å². The quantitative estimate of drug-likeness (QED) is 0.358. The Labute approximate surface area is 160 Å². The third-order valence-corrected chi connectivity index (χ3v) is 4.83. The van der Waals surface area contributed by atoms with Gasteiger partial charge in [-0.1, -0.05) is 47.7 Å². The average Bonchev–Trinajstić information content (AvgIpc) is 3.11. The first-order chi connectivity index (χ1) is 13.3. The minimum Gasteiger partial charge on any atom is -0.488 e. The summed E-state index contributed by atoms with van der Waals surface area (Å²) in [6.45, 7) is 0.358. The van der Waals surface area contributed by atoms with Gasteiger partial charge in [-0.3, -0.25) is 5.43 Å². The standard InChI is InChI=1S/C21H16FN3OS/c22-17-11-9-15(10-12-17)14-26-19-7-3-1-5-16(19)13-23-25-21-24-18-6-2-4-8-20(18)27-21/h1-13H,14H2,(H,24,25)/b23-13+. The van der Waals surface area contributed by atoms with Gasteiger partial charge in [0.15, 0.2) is 0 Å². The number of nitrogens with one attached hydrogen (secondary N) is 1. The molecule has 4 aromatic rings. The van der Waals surface area contributed by atoms with E-state index in [4.69, 9.17) is 4.74 Å². The summed E-state index contributed by atoms with van der Waals surface area (Å²) in [4.78, 5) is 4.48. The number of hydrogen-bond donors (Lipinski definition) is 1. The number of para-hydroxylation sites is 2. The first kappa shape index (κ1) is 17.2. The highest BCUT2D eigenvalue weighted by molar-refractivity contribution is 7.22. The number of halogens is 1. The number of hydrazone groups is 1. The van der Waals surface area contributed by atoms with Gasteiger partial charge in [0.05, 0.1) is 16.4 Å². The molecule has 0 spiro atoms. The summed E-state index contributed by atoms with van der Waals surface area (Å²) in [5.41, 5.74) is 5.66. The van der Waals surface area contributed by atoms with Crippen LogP contribution in [-0.4, -0.2) is 11.2 Å². The second kappa shape index (κ2) is 7.97. The number of aromatic nitrogens is 1. The van der Waals surface area contributed by atoms with Crippen molar-refractivity contribution < 1.29 is 9.13 Å². The van der Waals surface area contributed by atoms with E-state index in [1.807, 2.05) is 48.5 Å². The summed E-state index contributed by atoms with van der Waals surface area (Å²) < 4.78 is 20.0. The molecule has 0 saturated heterocycles. The molecule has 4 nitrogen and oxygen atoms in total. The number of fused-ring (bicyclic) bond motifs is 1. The van der Waals surface area contributed by atoms with Crippen LogP contribution in [0.5, 0.6) is 5.75 Å². The van der Waals surface area contributed by atoms with Gasteiger partial charge in [-0.25, -0.2) is 9.37 Å². The largest absolute Gasteiger partial charge is 0.488 e. The molecule has 0 bridgehead atoms. The van der Waals surface area contributed by atoms with Crippen molar-refractivity contribution in [2.45, 2.75) is 6.61 Å². The molecule has 0 aliphatic carbocycles. The fourth-order valence-corrected chi connectivity index (χ4v) is 3.35. The molecule has 27 heavy (non-hydrogen) atoms. The van der Waals surface area contributed by atoms with Crippen molar-refractivity contribution in [2.24, 2.45) is 5.10 Å². The zero-order chi connectivity index (χ0) is 18.5. The number of anilines is 1. The molecule has 0 amide bonds. The van der Waals surface area contributed by atoms with Gasteiger partial charge in [0.25, 0.3) is 0 Å². The van der Waals surface area contributed by atoms with Crippen LogP contribution in [0.1, 0.15) is 11.1 Å². The lowest BCUT2D eigenvalue weighted by molar-refractivity contribution is 0.305. The molecule has 0 aliphatic rings. The van der Waals surface area contributed by atoms with Crippen molar-refractivity contribution >= 4 is 32.9 Å².